The molecule has 0 aromatic carbocycles. The summed E-state index contributed by atoms with van der Waals surface area (Å²) in [5.74, 6) is 0.754. The molecule has 1 atom stereocenters. The number of nitrogens with one attached hydrogen (secondary N) is 1. The van der Waals surface area contributed by atoms with Crippen molar-refractivity contribution in [3.63, 3.8) is 0 Å². The highest BCUT2D eigenvalue weighted by atomic mass is 16.2. The molecule has 2 amide bonds. The van der Waals surface area contributed by atoms with Gasteiger partial charge in [-0.1, -0.05) is 0 Å². The van der Waals surface area contributed by atoms with E-state index in [0.717, 1.165) is 32.2 Å². The van der Waals surface area contributed by atoms with Gasteiger partial charge in [0.2, 0.25) is 11.8 Å². The molecule has 1 aliphatic carbocycles. The lowest BCUT2D eigenvalue weighted by atomic mass is 9.81. The van der Waals surface area contributed by atoms with Crippen molar-refractivity contribution in [1.82, 2.24) is 10.2 Å². The summed E-state index contributed by atoms with van der Waals surface area (Å²) in [6, 6.07) is 1.94. The van der Waals surface area contributed by atoms with Crippen LogP contribution in [-0.4, -0.2) is 35.8 Å². The fourth-order valence-corrected chi connectivity index (χ4v) is 2.63. The van der Waals surface area contributed by atoms with Crippen LogP contribution in [0.2, 0.25) is 0 Å². The van der Waals surface area contributed by atoms with Gasteiger partial charge in [0.15, 0.2) is 0 Å². The minimum Gasteiger partial charge on any atom is -0.356 e. The number of carbonyl (C=O) groups is 2. The van der Waals surface area contributed by atoms with E-state index >= 15 is 0 Å². The average molecular weight is 249 g/mol. The molecule has 2 rings (SSSR count). The van der Waals surface area contributed by atoms with Gasteiger partial charge in [0.05, 0.1) is 12.6 Å². The van der Waals surface area contributed by atoms with Gasteiger partial charge in [0.25, 0.3) is 0 Å². The van der Waals surface area contributed by atoms with Crippen LogP contribution in [0.5, 0.6) is 0 Å². The first-order valence-corrected chi connectivity index (χ1v) is 6.56. The Hall–Kier alpha value is -1.57. The van der Waals surface area contributed by atoms with Crippen molar-refractivity contribution in [2.75, 3.05) is 13.1 Å². The SMILES string of the molecule is CC(=O)NCC1CCC(C(=O)N2CC2C#N)CC1. The highest BCUT2D eigenvalue weighted by molar-refractivity contribution is 5.82. The molecular weight excluding hydrogens is 230 g/mol. The number of carbonyl (C=O) groups excluding carboxylic acids is 2. The van der Waals surface area contributed by atoms with Crippen molar-refractivity contribution in [2.45, 2.75) is 38.6 Å². The quantitative estimate of drug-likeness (QED) is 0.747. The molecule has 0 radical (unpaired) electrons. The van der Waals surface area contributed by atoms with Gasteiger partial charge in [-0.3, -0.25) is 9.59 Å². The molecule has 1 aliphatic heterocycles. The van der Waals surface area contributed by atoms with Crippen LogP contribution in [-0.2, 0) is 9.59 Å². The van der Waals surface area contributed by atoms with Crippen LogP contribution in [0.4, 0.5) is 0 Å². The van der Waals surface area contributed by atoms with Gasteiger partial charge in [-0.15, -0.1) is 0 Å². The molecule has 0 aromatic heterocycles. The van der Waals surface area contributed by atoms with Gasteiger partial charge < -0.3 is 10.2 Å². The monoisotopic (exact) mass is 249 g/mol. The third-order valence-corrected chi connectivity index (χ3v) is 3.88. The number of rotatable bonds is 3. The lowest BCUT2D eigenvalue weighted by molar-refractivity contribution is -0.131. The van der Waals surface area contributed by atoms with E-state index in [0.29, 0.717) is 12.5 Å². The largest absolute Gasteiger partial charge is 0.356 e. The van der Waals surface area contributed by atoms with Gasteiger partial charge in [0, 0.05) is 19.4 Å². The molecule has 18 heavy (non-hydrogen) atoms. The van der Waals surface area contributed by atoms with E-state index in [9.17, 15) is 9.59 Å². The molecule has 1 saturated carbocycles. The smallest absolute Gasteiger partial charge is 0.226 e. The number of amides is 2. The van der Waals surface area contributed by atoms with E-state index in [4.69, 9.17) is 5.26 Å². The van der Waals surface area contributed by atoms with Gasteiger partial charge in [0.1, 0.15) is 6.04 Å². The van der Waals surface area contributed by atoms with Crippen LogP contribution >= 0.6 is 0 Å². The van der Waals surface area contributed by atoms with Gasteiger partial charge in [-0.25, -0.2) is 0 Å². The molecule has 98 valence electrons. The number of hydrogen-bond donors (Lipinski definition) is 1. The zero-order chi connectivity index (χ0) is 13.1. The molecule has 1 saturated heterocycles. The molecule has 0 bridgehead atoms. The Kier molecular flexibility index (Phi) is 3.85. The Labute approximate surface area is 107 Å². The second-order valence-electron chi connectivity index (χ2n) is 5.29. The third kappa shape index (κ3) is 3.00. The molecule has 0 aromatic rings. The fraction of sp³-hybridized carbons (Fsp3) is 0.769. The minimum atomic E-state index is -0.172. The van der Waals surface area contributed by atoms with Crippen molar-refractivity contribution in [3.05, 3.63) is 0 Å². The van der Waals surface area contributed by atoms with Gasteiger partial charge in [-0.05, 0) is 31.6 Å². The predicted octanol–water partition coefficient (Wildman–Crippen LogP) is 0.663. The lowest BCUT2D eigenvalue weighted by Crippen LogP contribution is -2.32. The maximum Gasteiger partial charge on any atom is 0.226 e. The topological polar surface area (TPSA) is 73.0 Å². The summed E-state index contributed by atoms with van der Waals surface area (Å²) in [5.41, 5.74) is 0. The molecule has 0 spiro atoms. The van der Waals surface area contributed by atoms with Crippen LogP contribution in [0.25, 0.3) is 0 Å². The molecule has 2 aliphatic rings. The predicted molar refractivity (Wildman–Crippen MR) is 65.2 cm³/mol. The molecule has 1 heterocycles. The van der Waals surface area contributed by atoms with Crippen molar-refractivity contribution < 1.29 is 9.59 Å². The number of nitrogens with zero attached hydrogens (tertiary/aromatic N) is 2. The maximum absolute atomic E-state index is 12.0. The first-order valence-electron chi connectivity index (χ1n) is 6.56. The molecular formula is C13H19N3O2. The molecule has 2 fully saturated rings. The Morgan fingerprint density at radius 3 is 2.50 bits per heavy atom. The summed E-state index contributed by atoms with van der Waals surface area (Å²) in [5, 5.41) is 11.5. The first kappa shape index (κ1) is 12.9. The van der Waals surface area contributed by atoms with Gasteiger partial charge in [-0.2, -0.15) is 5.26 Å². The second-order valence-corrected chi connectivity index (χ2v) is 5.29. The summed E-state index contributed by atoms with van der Waals surface area (Å²) in [7, 11) is 0. The van der Waals surface area contributed by atoms with Crippen LogP contribution < -0.4 is 5.32 Å². The number of nitriles is 1. The Balaban J connectivity index is 1.72. The highest BCUT2D eigenvalue weighted by Crippen LogP contribution is 2.32. The van der Waals surface area contributed by atoms with Crippen molar-refractivity contribution >= 4 is 11.8 Å². The lowest BCUT2D eigenvalue weighted by Gasteiger charge is -2.27. The zero-order valence-electron chi connectivity index (χ0n) is 10.7. The van der Waals surface area contributed by atoms with Crippen LogP contribution in [0.3, 0.4) is 0 Å². The summed E-state index contributed by atoms with van der Waals surface area (Å²) in [6.45, 7) is 2.86. The van der Waals surface area contributed by atoms with Crippen molar-refractivity contribution in [1.29, 1.82) is 5.26 Å². The highest BCUT2D eigenvalue weighted by Gasteiger charge is 2.42. The first-order chi connectivity index (χ1) is 8.61. The molecule has 5 heteroatoms. The molecule has 1 unspecified atom stereocenters. The summed E-state index contributed by atoms with van der Waals surface area (Å²) in [4.78, 5) is 24.5. The Morgan fingerprint density at radius 2 is 2.00 bits per heavy atom. The Bertz CT molecular complexity index is 380. The van der Waals surface area contributed by atoms with E-state index in [1.54, 1.807) is 4.90 Å². The summed E-state index contributed by atoms with van der Waals surface area (Å²) >= 11 is 0. The van der Waals surface area contributed by atoms with Crippen LogP contribution in [0.1, 0.15) is 32.6 Å². The Morgan fingerprint density at radius 1 is 1.33 bits per heavy atom. The van der Waals surface area contributed by atoms with E-state index in [2.05, 4.69) is 11.4 Å². The van der Waals surface area contributed by atoms with Crippen LogP contribution in [0.15, 0.2) is 0 Å². The second kappa shape index (κ2) is 5.38. The molecule has 5 nitrogen and oxygen atoms in total. The number of hydrogen-bond acceptors (Lipinski definition) is 3. The summed E-state index contributed by atoms with van der Waals surface area (Å²) < 4.78 is 0. The van der Waals surface area contributed by atoms with Crippen molar-refractivity contribution in [3.8, 4) is 6.07 Å². The maximum atomic E-state index is 12.0. The minimum absolute atomic E-state index is 0.00848. The summed E-state index contributed by atoms with van der Waals surface area (Å²) in [6.07, 6.45) is 3.75. The fourth-order valence-electron chi connectivity index (χ4n) is 2.63. The van der Waals surface area contributed by atoms with Gasteiger partial charge >= 0.3 is 0 Å². The van der Waals surface area contributed by atoms with E-state index < -0.39 is 0 Å². The zero-order valence-corrected chi connectivity index (χ0v) is 10.7. The van der Waals surface area contributed by atoms with E-state index in [1.165, 1.54) is 6.92 Å². The van der Waals surface area contributed by atoms with Crippen LogP contribution in [0, 0.1) is 23.2 Å². The molecule has 1 N–H and O–H groups in total. The van der Waals surface area contributed by atoms with E-state index in [-0.39, 0.29) is 23.8 Å². The third-order valence-electron chi connectivity index (χ3n) is 3.88. The normalized spacial score (nSPS) is 30.4. The standard InChI is InChI=1S/C13H19N3O2/c1-9(17)15-7-10-2-4-11(5-3-10)13(18)16-8-12(16)6-14/h10-12H,2-5,7-8H2,1H3,(H,15,17). The van der Waals surface area contributed by atoms with E-state index in [1.807, 2.05) is 0 Å². The van der Waals surface area contributed by atoms with Crippen molar-refractivity contribution in [2.24, 2.45) is 11.8 Å². The average Bonchev–Trinajstić information content (AvgIpc) is 3.15.